The Balaban J connectivity index is 1.87. The minimum absolute atomic E-state index is 0.402. The third kappa shape index (κ3) is 14.2. The summed E-state index contributed by atoms with van der Waals surface area (Å²) >= 11 is 0. The number of hydrogen-bond acceptors (Lipinski definition) is 5. The smallest absolute Gasteiger partial charge is 0.285 e. The average molecular weight is 393 g/mol. The molecule has 1 heterocycles. The van der Waals surface area contributed by atoms with Crippen LogP contribution in [0.2, 0.25) is 0 Å². The van der Waals surface area contributed by atoms with Crippen molar-refractivity contribution in [2.24, 2.45) is 0 Å². The number of unbranched alkanes of at least 4 members (excludes halogenated alkanes) is 11. The van der Waals surface area contributed by atoms with Gasteiger partial charge in [-0.2, -0.15) is 0 Å². The molecular weight excluding hydrogens is 351 g/mol. The van der Waals surface area contributed by atoms with E-state index in [4.69, 9.17) is 18.6 Å². The molecule has 0 saturated carbocycles. The highest BCUT2D eigenvalue weighted by molar-refractivity contribution is 7.48. The fourth-order valence-electron chi connectivity index (χ4n) is 3.09. The van der Waals surface area contributed by atoms with Crippen molar-refractivity contribution in [2.45, 2.75) is 110 Å². The largest absolute Gasteiger partial charge is 0.502 e. The van der Waals surface area contributed by atoms with Gasteiger partial charge in [-0.15, -0.1) is 4.67 Å². The Hall–Kier alpha value is 0.0700. The van der Waals surface area contributed by atoms with Gasteiger partial charge in [-0.1, -0.05) is 90.4 Å². The van der Waals surface area contributed by atoms with Crippen LogP contribution in [0.4, 0.5) is 0 Å². The van der Waals surface area contributed by atoms with Crippen molar-refractivity contribution in [3.63, 3.8) is 0 Å². The molecule has 0 spiro atoms. The molecule has 156 valence electrons. The molecule has 0 aromatic rings. The van der Waals surface area contributed by atoms with Gasteiger partial charge in [0.15, 0.2) is 0 Å². The zero-order chi connectivity index (χ0) is 18.8. The van der Waals surface area contributed by atoms with E-state index in [0.29, 0.717) is 19.8 Å². The molecule has 0 atom stereocenters. The first kappa shape index (κ1) is 24.1. The van der Waals surface area contributed by atoms with Crippen molar-refractivity contribution < 1.29 is 23.2 Å². The van der Waals surface area contributed by atoms with E-state index in [2.05, 4.69) is 6.92 Å². The number of hydrogen-bond donors (Lipinski definition) is 0. The molecule has 1 fully saturated rings. The van der Waals surface area contributed by atoms with Crippen molar-refractivity contribution in [1.82, 2.24) is 0 Å². The van der Waals surface area contributed by atoms with Crippen LogP contribution < -0.4 is 0 Å². The maximum atomic E-state index is 12.3. The number of phosphoric ester groups is 1. The third-order valence-corrected chi connectivity index (χ3v) is 6.05. The first-order chi connectivity index (χ1) is 12.8. The third-order valence-electron chi connectivity index (χ3n) is 4.76. The van der Waals surface area contributed by atoms with E-state index < -0.39 is 7.82 Å². The summed E-state index contributed by atoms with van der Waals surface area (Å²) in [6, 6.07) is 0. The van der Waals surface area contributed by atoms with Crippen molar-refractivity contribution in [2.75, 3.05) is 19.8 Å². The molecule has 5 nitrogen and oxygen atoms in total. The second kappa shape index (κ2) is 17.2. The molecule has 0 radical (unpaired) electrons. The standard InChI is InChI=1S/C20H41O5P/c1-2-3-4-5-6-7-8-9-10-11-12-15-18-22-25-26(21)23-19-16-13-14-17-20-24-26/h2-20H2,1H3. The summed E-state index contributed by atoms with van der Waals surface area (Å²) in [4.78, 5) is 5.09. The van der Waals surface area contributed by atoms with E-state index in [9.17, 15) is 4.57 Å². The lowest BCUT2D eigenvalue weighted by atomic mass is 10.1. The van der Waals surface area contributed by atoms with Crippen molar-refractivity contribution >= 4 is 7.82 Å². The van der Waals surface area contributed by atoms with Gasteiger partial charge in [0, 0.05) is 0 Å². The fourth-order valence-corrected chi connectivity index (χ4v) is 4.16. The van der Waals surface area contributed by atoms with Crippen LogP contribution in [0.15, 0.2) is 0 Å². The highest BCUT2D eigenvalue weighted by Crippen LogP contribution is 2.50. The van der Waals surface area contributed by atoms with Crippen LogP contribution in [-0.4, -0.2) is 19.8 Å². The summed E-state index contributed by atoms with van der Waals surface area (Å²) < 4.78 is 27.8. The lowest BCUT2D eigenvalue weighted by Crippen LogP contribution is -2.03. The lowest BCUT2D eigenvalue weighted by Gasteiger charge is -2.15. The minimum Gasteiger partial charge on any atom is -0.285 e. The van der Waals surface area contributed by atoms with Gasteiger partial charge in [-0.3, -0.25) is 9.05 Å². The predicted molar refractivity (Wildman–Crippen MR) is 106 cm³/mol. The summed E-state index contributed by atoms with van der Waals surface area (Å²) in [6.45, 7) is 3.51. The predicted octanol–water partition coefficient (Wildman–Crippen LogP) is 7.35. The zero-order valence-corrected chi connectivity index (χ0v) is 17.8. The minimum atomic E-state index is -3.52. The second-order valence-electron chi connectivity index (χ2n) is 7.31. The fraction of sp³-hybridized carbons (Fsp3) is 1.00. The SMILES string of the molecule is CCCCCCCCCCCCCCOOP1(=O)OCCCCCCO1. The highest BCUT2D eigenvalue weighted by Gasteiger charge is 2.28. The van der Waals surface area contributed by atoms with E-state index >= 15 is 0 Å². The van der Waals surface area contributed by atoms with Gasteiger partial charge in [-0.25, -0.2) is 9.45 Å². The topological polar surface area (TPSA) is 54.0 Å². The van der Waals surface area contributed by atoms with E-state index in [-0.39, 0.29) is 0 Å². The second-order valence-corrected chi connectivity index (χ2v) is 8.87. The van der Waals surface area contributed by atoms with E-state index in [1.165, 1.54) is 64.2 Å². The maximum absolute atomic E-state index is 12.3. The molecule has 0 aliphatic carbocycles. The molecule has 1 aliphatic rings. The van der Waals surface area contributed by atoms with Crippen LogP contribution in [0.25, 0.3) is 0 Å². The zero-order valence-electron chi connectivity index (χ0n) is 16.9. The van der Waals surface area contributed by atoms with Crippen LogP contribution in [-0.2, 0) is 23.2 Å². The summed E-state index contributed by atoms with van der Waals surface area (Å²) in [5.74, 6) is 0. The molecule has 26 heavy (non-hydrogen) atoms. The maximum Gasteiger partial charge on any atom is 0.502 e. The Morgan fingerprint density at radius 3 is 1.65 bits per heavy atom. The summed E-state index contributed by atoms with van der Waals surface area (Å²) in [7, 11) is -3.52. The molecule has 1 saturated heterocycles. The Morgan fingerprint density at radius 1 is 0.692 bits per heavy atom. The van der Waals surface area contributed by atoms with E-state index in [0.717, 1.165) is 38.5 Å². The summed E-state index contributed by atoms with van der Waals surface area (Å²) in [6.07, 6.45) is 19.5. The van der Waals surface area contributed by atoms with Crippen LogP contribution in [0.1, 0.15) is 110 Å². The molecule has 0 aromatic carbocycles. The highest BCUT2D eigenvalue weighted by atomic mass is 31.2. The van der Waals surface area contributed by atoms with Crippen molar-refractivity contribution in [3.05, 3.63) is 0 Å². The van der Waals surface area contributed by atoms with Crippen LogP contribution in [0.5, 0.6) is 0 Å². The lowest BCUT2D eigenvalue weighted by molar-refractivity contribution is -0.227. The Morgan fingerprint density at radius 2 is 1.15 bits per heavy atom. The van der Waals surface area contributed by atoms with Crippen molar-refractivity contribution in [3.8, 4) is 0 Å². The summed E-state index contributed by atoms with van der Waals surface area (Å²) in [5, 5.41) is 0. The summed E-state index contributed by atoms with van der Waals surface area (Å²) in [5.41, 5.74) is 0. The monoisotopic (exact) mass is 392 g/mol. The molecule has 0 amide bonds. The Labute approximate surface area is 161 Å². The van der Waals surface area contributed by atoms with Gasteiger partial charge in [0.2, 0.25) is 0 Å². The van der Waals surface area contributed by atoms with Crippen LogP contribution in [0.3, 0.4) is 0 Å². The van der Waals surface area contributed by atoms with Gasteiger partial charge >= 0.3 is 7.82 Å². The molecule has 0 N–H and O–H groups in total. The molecule has 0 unspecified atom stereocenters. The molecule has 0 bridgehead atoms. The first-order valence-electron chi connectivity index (χ1n) is 11.0. The number of rotatable bonds is 15. The normalized spacial score (nSPS) is 18.2. The van der Waals surface area contributed by atoms with Crippen LogP contribution >= 0.6 is 7.82 Å². The average Bonchev–Trinajstić information content (AvgIpc) is 2.74. The van der Waals surface area contributed by atoms with Gasteiger partial charge in [0.05, 0.1) is 19.8 Å². The van der Waals surface area contributed by atoms with Gasteiger partial charge in [0.1, 0.15) is 0 Å². The molecule has 1 rings (SSSR count). The van der Waals surface area contributed by atoms with Gasteiger partial charge in [0.25, 0.3) is 0 Å². The molecule has 6 heteroatoms. The van der Waals surface area contributed by atoms with E-state index in [1.54, 1.807) is 0 Å². The quantitative estimate of drug-likeness (QED) is 0.126. The van der Waals surface area contributed by atoms with E-state index in [1.807, 2.05) is 0 Å². The van der Waals surface area contributed by atoms with Crippen LogP contribution in [0, 0.1) is 0 Å². The number of phosphoric acid groups is 1. The first-order valence-corrected chi connectivity index (χ1v) is 12.4. The Bertz CT molecular complexity index is 337. The molecule has 1 aliphatic heterocycles. The van der Waals surface area contributed by atoms with Gasteiger partial charge in [-0.05, 0) is 19.3 Å². The molecular formula is C20H41O5P. The Kier molecular flexibility index (Phi) is 15.9. The molecule has 0 aromatic heterocycles. The van der Waals surface area contributed by atoms with Crippen molar-refractivity contribution in [1.29, 1.82) is 0 Å². The van der Waals surface area contributed by atoms with Gasteiger partial charge < -0.3 is 0 Å².